The Balaban J connectivity index is 1.44. The minimum atomic E-state index is -0.104. The molecule has 2 aliphatic rings. The molecule has 1 atom stereocenters. The van der Waals surface area contributed by atoms with Gasteiger partial charge in [-0.05, 0) is 55.7 Å². The smallest absolute Gasteiger partial charge is 0.255 e. The van der Waals surface area contributed by atoms with Gasteiger partial charge in [0.2, 0.25) is 5.91 Å². The summed E-state index contributed by atoms with van der Waals surface area (Å²) in [7, 11) is 3.74. The van der Waals surface area contributed by atoms with E-state index in [0.29, 0.717) is 42.1 Å². The van der Waals surface area contributed by atoms with E-state index in [2.05, 4.69) is 15.5 Å². The second-order valence-corrected chi connectivity index (χ2v) is 9.91. The lowest BCUT2D eigenvalue weighted by atomic mass is 10.0. The SMILES string of the molecule is CN(CCc1cn[nH]c1)C(=O)c1cc(NC(=O)CC2CCCC2)cc2nc(C3CCCO3)n(C)c12. The van der Waals surface area contributed by atoms with Crippen molar-refractivity contribution in [2.75, 3.05) is 25.5 Å². The highest BCUT2D eigenvalue weighted by molar-refractivity contribution is 6.07. The predicted octanol–water partition coefficient (Wildman–Crippen LogP) is 3.98. The van der Waals surface area contributed by atoms with E-state index in [9.17, 15) is 9.59 Å². The molecule has 1 saturated carbocycles. The summed E-state index contributed by atoms with van der Waals surface area (Å²) in [6.45, 7) is 1.27. The van der Waals surface area contributed by atoms with Crippen LogP contribution >= 0.6 is 0 Å². The van der Waals surface area contributed by atoms with Crippen LogP contribution in [0.1, 0.15) is 72.8 Å². The zero-order chi connectivity index (χ0) is 24.4. The number of aromatic amines is 1. The third kappa shape index (κ3) is 5.10. The molecule has 2 N–H and O–H groups in total. The van der Waals surface area contributed by atoms with E-state index in [-0.39, 0.29) is 17.9 Å². The van der Waals surface area contributed by atoms with Crippen LogP contribution in [0.3, 0.4) is 0 Å². The molecule has 1 saturated heterocycles. The monoisotopic (exact) mass is 478 g/mol. The Labute approximate surface area is 205 Å². The van der Waals surface area contributed by atoms with E-state index in [4.69, 9.17) is 9.72 Å². The number of aromatic nitrogens is 4. The maximum atomic E-state index is 13.6. The van der Waals surface area contributed by atoms with Crippen LogP contribution < -0.4 is 5.32 Å². The number of carbonyl (C=O) groups excluding carboxylic acids is 2. The molecule has 1 unspecified atom stereocenters. The number of hydrogen-bond acceptors (Lipinski definition) is 5. The van der Waals surface area contributed by atoms with Crippen molar-refractivity contribution in [3.8, 4) is 0 Å². The van der Waals surface area contributed by atoms with Gasteiger partial charge in [0, 0.05) is 45.6 Å². The minimum absolute atomic E-state index is 0.00163. The standard InChI is InChI=1S/C26H34N6O3/c1-31(10-9-18-15-27-28-16-18)26(34)20-13-19(29-23(33)12-17-6-3-4-7-17)14-21-24(20)32(2)25(30-21)22-8-5-11-35-22/h13-17,22H,3-12H2,1-2H3,(H,27,28)(H,29,33). The van der Waals surface area contributed by atoms with Gasteiger partial charge in [-0.3, -0.25) is 14.7 Å². The number of carbonyl (C=O) groups is 2. The fourth-order valence-corrected chi connectivity index (χ4v) is 5.38. The Hall–Kier alpha value is -3.20. The van der Waals surface area contributed by atoms with E-state index in [1.165, 1.54) is 12.8 Å². The molecule has 35 heavy (non-hydrogen) atoms. The van der Waals surface area contributed by atoms with Crippen molar-refractivity contribution >= 4 is 28.5 Å². The Bertz CT molecular complexity index is 1190. The average molecular weight is 479 g/mol. The number of ether oxygens (including phenoxy) is 1. The first kappa shape index (κ1) is 23.5. The van der Waals surface area contributed by atoms with Crippen LogP contribution in [-0.2, 0) is 23.0 Å². The van der Waals surface area contributed by atoms with Gasteiger partial charge in [-0.2, -0.15) is 5.10 Å². The first-order chi connectivity index (χ1) is 17.0. The maximum Gasteiger partial charge on any atom is 0.255 e. The summed E-state index contributed by atoms with van der Waals surface area (Å²) < 4.78 is 7.87. The number of benzene rings is 1. The fourth-order valence-electron chi connectivity index (χ4n) is 5.38. The van der Waals surface area contributed by atoms with Gasteiger partial charge < -0.3 is 19.5 Å². The van der Waals surface area contributed by atoms with Gasteiger partial charge in [-0.1, -0.05) is 12.8 Å². The van der Waals surface area contributed by atoms with Crippen molar-refractivity contribution in [2.45, 2.75) is 57.5 Å². The van der Waals surface area contributed by atoms with Gasteiger partial charge in [0.1, 0.15) is 11.9 Å². The zero-order valence-corrected chi connectivity index (χ0v) is 20.5. The molecule has 1 aliphatic heterocycles. The summed E-state index contributed by atoms with van der Waals surface area (Å²) in [5.74, 6) is 1.17. The van der Waals surface area contributed by atoms with Gasteiger partial charge in [-0.25, -0.2) is 4.98 Å². The molecule has 1 aliphatic carbocycles. The molecule has 9 nitrogen and oxygen atoms in total. The molecule has 0 radical (unpaired) electrons. The van der Waals surface area contributed by atoms with Crippen LogP contribution in [0.4, 0.5) is 5.69 Å². The summed E-state index contributed by atoms with van der Waals surface area (Å²) in [6, 6.07) is 3.68. The number of H-pyrrole nitrogens is 1. The number of nitrogens with zero attached hydrogens (tertiary/aromatic N) is 4. The summed E-state index contributed by atoms with van der Waals surface area (Å²) in [6.07, 6.45) is 11.3. The summed E-state index contributed by atoms with van der Waals surface area (Å²) in [4.78, 5) is 33.0. The van der Waals surface area contributed by atoms with E-state index < -0.39 is 0 Å². The van der Waals surface area contributed by atoms with Gasteiger partial charge in [0.15, 0.2) is 0 Å². The number of rotatable bonds is 8. The number of amides is 2. The highest BCUT2D eigenvalue weighted by Gasteiger charge is 2.27. The van der Waals surface area contributed by atoms with Gasteiger partial charge >= 0.3 is 0 Å². The van der Waals surface area contributed by atoms with Crippen LogP contribution in [0.5, 0.6) is 0 Å². The van der Waals surface area contributed by atoms with Crippen molar-refractivity contribution in [1.82, 2.24) is 24.6 Å². The molecule has 186 valence electrons. The number of imidazole rings is 1. The zero-order valence-electron chi connectivity index (χ0n) is 20.5. The first-order valence-corrected chi connectivity index (χ1v) is 12.6. The summed E-state index contributed by atoms with van der Waals surface area (Å²) in [5.41, 5.74) is 3.66. The van der Waals surface area contributed by atoms with Gasteiger partial charge in [0.25, 0.3) is 5.91 Å². The maximum absolute atomic E-state index is 13.6. The Morgan fingerprint density at radius 3 is 2.77 bits per heavy atom. The molecular formula is C26H34N6O3. The fraction of sp³-hybridized carbons (Fsp3) is 0.538. The van der Waals surface area contributed by atoms with E-state index in [1.54, 1.807) is 24.2 Å². The molecule has 3 heterocycles. The third-order valence-corrected chi connectivity index (χ3v) is 7.32. The Kier molecular flexibility index (Phi) is 6.86. The molecule has 9 heteroatoms. The van der Waals surface area contributed by atoms with E-state index >= 15 is 0 Å². The number of likely N-dealkylation sites (N-methyl/N-ethyl adjacent to an activating group) is 1. The molecule has 5 rings (SSSR count). The highest BCUT2D eigenvalue weighted by atomic mass is 16.5. The van der Waals surface area contributed by atoms with Crippen LogP contribution in [-0.4, -0.2) is 56.7 Å². The van der Waals surface area contributed by atoms with E-state index in [0.717, 1.165) is 49.2 Å². The highest BCUT2D eigenvalue weighted by Crippen LogP contribution is 2.33. The van der Waals surface area contributed by atoms with Gasteiger partial charge in [0.05, 0.1) is 22.8 Å². The summed E-state index contributed by atoms with van der Waals surface area (Å²) >= 11 is 0. The van der Waals surface area contributed by atoms with Crippen molar-refractivity contribution in [1.29, 1.82) is 0 Å². The number of fused-ring (bicyclic) bond motifs is 1. The predicted molar refractivity (Wildman–Crippen MR) is 133 cm³/mol. The number of nitrogens with one attached hydrogen (secondary N) is 2. The van der Waals surface area contributed by atoms with Crippen molar-refractivity contribution < 1.29 is 14.3 Å². The molecule has 3 aromatic rings. The Morgan fingerprint density at radius 2 is 2.06 bits per heavy atom. The number of aryl methyl sites for hydroxylation is 1. The number of hydrogen-bond donors (Lipinski definition) is 2. The lowest BCUT2D eigenvalue weighted by molar-refractivity contribution is -0.117. The van der Waals surface area contributed by atoms with Crippen LogP contribution in [0.2, 0.25) is 0 Å². The first-order valence-electron chi connectivity index (χ1n) is 12.6. The van der Waals surface area contributed by atoms with Crippen molar-refractivity contribution in [3.63, 3.8) is 0 Å². The van der Waals surface area contributed by atoms with Crippen molar-refractivity contribution in [3.05, 3.63) is 41.5 Å². The van der Waals surface area contributed by atoms with Crippen LogP contribution in [0.25, 0.3) is 11.0 Å². The molecule has 2 aromatic heterocycles. The topological polar surface area (TPSA) is 105 Å². The largest absolute Gasteiger partial charge is 0.370 e. The molecule has 0 spiro atoms. The van der Waals surface area contributed by atoms with Crippen molar-refractivity contribution in [2.24, 2.45) is 13.0 Å². The lowest BCUT2D eigenvalue weighted by Gasteiger charge is -2.19. The van der Waals surface area contributed by atoms with Crippen LogP contribution in [0, 0.1) is 5.92 Å². The molecule has 0 bridgehead atoms. The molecule has 2 fully saturated rings. The second kappa shape index (κ2) is 10.2. The molecule has 2 amide bonds. The minimum Gasteiger partial charge on any atom is -0.370 e. The average Bonchev–Trinajstić information content (AvgIpc) is 3.65. The van der Waals surface area contributed by atoms with Crippen LogP contribution in [0.15, 0.2) is 24.5 Å². The number of anilines is 1. The molecule has 1 aromatic carbocycles. The van der Waals surface area contributed by atoms with E-state index in [1.807, 2.05) is 23.9 Å². The Morgan fingerprint density at radius 1 is 1.23 bits per heavy atom. The lowest BCUT2D eigenvalue weighted by Crippen LogP contribution is -2.29. The van der Waals surface area contributed by atoms with Gasteiger partial charge in [-0.15, -0.1) is 0 Å². The normalized spacial score (nSPS) is 18.4. The molecular weight excluding hydrogens is 444 g/mol. The quantitative estimate of drug-likeness (QED) is 0.509. The third-order valence-electron chi connectivity index (χ3n) is 7.32. The second-order valence-electron chi connectivity index (χ2n) is 9.91. The summed E-state index contributed by atoms with van der Waals surface area (Å²) in [5, 5.41) is 9.83.